The van der Waals surface area contributed by atoms with E-state index in [2.05, 4.69) is 182 Å². The lowest BCUT2D eigenvalue weighted by Gasteiger charge is -2.24. The Morgan fingerprint density at radius 2 is 1.06 bits per heavy atom. The van der Waals surface area contributed by atoms with E-state index in [9.17, 15) is 0 Å². The van der Waals surface area contributed by atoms with Crippen molar-refractivity contribution in [3.05, 3.63) is 175 Å². The summed E-state index contributed by atoms with van der Waals surface area (Å²) >= 11 is 0. The maximum Gasteiger partial charge on any atom is 0.160 e. The number of fused-ring (bicyclic) bond motifs is 9. The van der Waals surface area contributed by atoms with Crippen molar-refractivity contribution in [1.29, 1.82) is 0 Å². The van der Waals surface area contributed by atoms with Crippen LogP contribution in [0.15, 0.2) is 164 Å². The lowest BCUT2D eigenvalue weighted by Crippen LogP contribution is -2.17. The van der Waals surface area contributed by atoms with Crippen LogP contribution in [0.1, 0.15) is 25.0 Å². The van der Waals surface area contributed by atoms with Crippen molar-refractivity contribution in [3.8, 4) is 39.6 Å². The van der Waals surface area contributed by atoms with Crippen LogP contribution >= 0.6 is 0 Å². The summed E-state index contributed by atoms with van der Waals surface area (Å²) in [5.41, 5.74) is 11.1. The SMILES string of the molecule is CC1(C)c2ccccc2-c2nc(-c3ccc4ccc(-n5c6ccccc6c6cc7ccccc7cc65)cc4c3)nc(-c3ccc4ccccc4c3)c21. The largest absolute Gasteiger partial charge is 0.309 e. The molecule has 244 valence electrons. The molecule has 2 heterocycles. The van der Waals surface area contributed by atoms with Gasteiger partial charge >= 0.3 is 0 Å². The molecule has 8 aromatic carbocycles. The first-order chi connectivity index (χ1) is 25.5. The van der Waals surface area contributed by atoms with E-state index >= 15 is 0 Å². The van der Waals surface area contributed by atoms with Crippen molar-refractivity contribution in [2.75, 3.05) is 0 Å². The van der Waals surface area contributed by atoms with Gasteiger partial charge in [0, 0.05) is 44.1 Å². The second-order valence-electron chi connectivity index (χ2n) is 14.7. The molecule has 0 bridgehead atoms. The molecule has 1 aliphatic carbocycles. The van der Waals surface area contributed by atoms with Crippen molar-refractivity contribution in [2.45, 2.75) is 19.3 Å². The summed E-state index contributed by atoms with van der Waals surface area (Å²) in [5, 5.41) is 9.78. The molecule has 52 heavy (non-hydrogen) atoms. The fraction of sp³-hybridized carbons (Fsp3) is 0.0612. The van der Waals surface area contributed by atoms with E-state index in [1.54, 1.807) is 0 Å². The summed E-state index contributed by atoms with van der Waals surface area (Å²) in [6, 6.07) is 59.4. The van der Waals surface area contributed by atoms with E-state index < -0.39 is 0 Å². The van der Waals surface area contributed by atoms with E-state index in [1.807, 2.05) is 0 Å². The smallest absolute Gasteiger partial charge is 0.160 e. The molecule has 0 atom stereocenters. The van der Waals surface area contributed by atoms with E-state index in [0.29, 0.717) is 0 Å². The topological polar surface area (TPSA) is 30.7 Å². The lowest BCUT2D eigenvalue weighted by molar-refractivity contribution is 0.658. The molecule has 0 saturated carbocycles. The molecule has 0 amide bonds. The van der Waals surface area contributed by atoms with E-state index in [1.165, 1.54) is 65.4 Å². The minimum Gasteiger partial charge on any atom is -0.309 e. The lowest BCUT2D eigenvalue weighted by atomic mass is 9.80. The standard InChI is InChI=1S/C49H33N3/c1-49(2)42-17-9-7-16-40(42)47-45(49)46(35-21-19-30-11-3-4-12-32(30)25-35)50-48(51-47)36-22-20-31-23-24-38(27-37(31)26-36)52-43-18-10-8-15-39(43)41-28-33-13-5-6-14-34(33)29-44(41)52/h3-29H,1-2H3. The van der Waals surface area contributed by atoms with Crippen LogP contribution in [-0.2, 0) is 5.41 Å². The molecule has 0 N–H and O–H groups in total. The Bertz CT molecular complexity index is 3110. The fourth-order valence-electron chi connectivity index (χ4n) is 8.74. The van der Waals surface area contributed by atoms with Gasteiger partial charge in [0.25, 0.3) is 0 Å². The van der Waals surface area contributed by atoms with Crippen LogP contribution < -0.4 is 0 Å². The molecule has 0 fully saturated rings. The zero-order valence-electron chi connectivity index (χ0n) is 28.9. The van der Waals surface area contributed by atoms with Gasteiger partial charge in [0.15, 0.2) is 5.82 Å². The summed E-state index contributed by atoms with van der Waals surface area (Å²) in [6.45, 7) is 4.61. The summed E-state index contributed by atoms with van der Waals surface area (Å²) in [4.78, 5) is 10.8. The number of aromatic nitrogens is 3. The molecule has 0 spiro atoms. The quantitative estimate of drug-likeness (QED) is 0.188. The molecule has 0 radical (unpaired) electrons. The van der Waals surface area contributed by atoms with Gasteiger partial charge in [0.05, 0.1) is 22.4 Å². The summed E-state index contributed by atoms with van der Waals surface area (Å²) in [5.74, 6) is 0.741. The monoisotopic (exact) mass is 663 g/mol. The first kappa shape index (κ1) is 29.2. The van der Waals surface area contributed by atoms with Crippen LogP contribution in [0.4, 0.5) is 0 Å². The normalized spacial score (nSPS) is 13.3. The highest BCUT2D eigenvalue weighted by molar-refractivity contribution is 6.13. The van der Waals surface area contributed by atoms with Gasteiger partial charge in [-0.3, -0.25) is 0 Å². The number of para-hydroxylation sites is 1. The molecule has 3 heteroatoms. The third kappa shape index (κ3) is 4.20. The van der Waals surface area contributed by atoms with Crippen molar-refractivity contribution in [1.82, 2.24) is 14.5 Å². The highest BCUT2D eigenvalue weighted by Gasteiger charge is 2.40. The van der Waals surface area contributed by atoms with Gasteiger partial charge in [-0.25, -0.2) is 9.97 Å². The van der Waals surface area contributed by atoms with Gasteiger partial charge in [-0.1, -0.05) is 135 Å². The van der Waals surface area contributed by atoms with Crippen LogP contribution in [0.25, 0.3) is 93.7 Å². The second-order valence-corrected chi connectivity index (χ2v) is 14.7. The number of hydrogen-bond donors (Lipinski definition) is 0. The Hall–Kier alpha value is -6.58. The van der Waals surface area contributed by atoms with Crippen molar-refractivity contribution in [3.63, 3.8) is 0 Å². The Labute approximate surface area is 301 Å². The number of nitrogens with zero attached hydrogens (tertiary/aromatic N) is 3. The number of benzene rings is 8. The zero-order valence-corrected chi connectivity index (χ0v) is 28.9. The van der Waals surface area contributed by atoms with E-state index in [-0.39, 0.29) is 5.41 Å². The minimum atomic E-state index is -0.239. The fourth-order valence-corrected chi connectivity index (χ4v) is 8.74. The van der Waals surface area contributed by atoms with Gasteiger partial charge in [0.2, 0.25) is 0 Å². The molecule has 0 saturated heterocycles. The molecule has 3 nitrogen and oxygen atoms in total. The van der Waals surface area contributed by atoms with Gasteiger partial charge < -0.3 is 4.57 Å². The molecule has 2 aromatic heterocycles. The van der Waals surface area contributed by atoms with Gasteiger partial charge in [-0.15, -0.1) is 0 Å². The Morgan fingerprint density at radius 1 is 0.442 bits per heavy atom. The van der Waals surface area contributed by atoms with Crippen molar-refractivity contribution < 1.29 is 0 Å². The number of hydrogen-bond acceptors (Lipinski definition) is 2. The van der Waals surface area contributed by atoms with Gasteiger partial charge in [-0.05, 0) is 80.3 Å². The molecule has 11 rings (SSSR count). The van der Waals surface area contributed by atoms with Gasteiger partial charge in [0.1, 0.15) is 0 Å². The summed E-state index contributed by atoms with van der Waals surface area (Å²) in [6.07, 6.45) is 0. The highest BCUT2D eigenvalue weighted by Crippen LogP contribution is 2.51. The summed E-state index contributed by atoms with van der Waals surface area (Å²) in [7, 11) is 0. The molecule has 10 aromatic rings. The first-order valence-electron chi connectivity index (χ1n) is 18.0. The van der Waals surface area contributed by atoms with E-state index in [4.69, 9.17) is 9.97 Å². The zero-order chi connectivity index (χ0) is 34.6. The average Bonchev–Trinajstić information content (AvgIpc) is 3.63. The molecular weight excluding hydrogens is 631 g/mol. The highest BCUT2D eigenvalue weighted by atomic mass is 15.0. The van der Waals surface area contributed by atoms with Gasteiger partial charge in [-0.2, -0.15) is 0 Å². The third-order valence-corrected chi connectivity index (χ3v) is 11.3. The number of rotatable bonds is 3. The van der Waals surface area contributed by atoms with Crippen molar-refractivity contribution >= 4 is 54.1 Å². The predicted octanol–water partition coefficient (Wildman–Crippen LogP) is 12.7. The van der Waals surface area contributed by atoms with Crippen LogP contribution in [0.3, 0.4) is 0 Å². The third-order valence-electron chi connectivity index (χ3n) is 11.3. The van der Waals surface area contributed by atoms with Crippen LogP contribution in [0, 0.1) is 0 Å². The first-order valence-corrected chi connectivity index (χ1v) is 18.0. The Morgan fingerprint density at radius 3 is 1.90 bits per heavy atom. The van der Waals surface area contributed by atoms with Crippen LogP contribution in [-0.4, -0.2) is 14.5 Å². The maximum atomic E-state index is 5.44. The minimum absolute atomic E-state index is 0.239. The molecule has 0 unspecified atom stereocenters. The Kier molecular flexibility index (Phi) is 6.01. The predicted molar refractivity (Wildman–Crippen MR) is 217 cm³/mol. The van der Waals surface area contributed by atoms with Crippen LogP contribution in [0.2, 0.25) is 0 Å². The van der Waals surface area contributed by atoms with Crippen LogP contribution in [0.5, 0.6) is 0 Å². The summed E-state index contributed by atoms with van der Waals surface area (Å²) < 4.78 is 2.41. The maximum absolute atomic E-state index is 5.44. The van der Waals surface area contributed by atoms with Crippen molar-refractivity contribution in [2.24, 2.45) is 0 Å². The molecule has 0 aliphatic heterocycles. The average molecular weight is 664 g/mol. The second kappa shape index (κ2) is 10.7. The van der Waals surface area contributed by atoms with E-state index in [0.717, 1.165) is 39.4 Å². The molecule has 1 aliphatic rings. The Balaban J connectivity index is 1.12. The molecular formula is C49H33N3.